The summed E-state index contributed by atoms with van der Waals surface area (Å²) in [6.07, 6.45) is 1.75. The lowest BCUT2D eigenvalue weighted by atomic mass is 9.78. The maximum Gasteiger partial charge on any atom is 0.257 e. The Labute approximate surface area is 216 Å². The molecule has 0 aromatic heterocycles. The average Bonchev–Trinajstić information content (AvgIpc) is 2.76. The monoisotopic (exact) mass is 550 g/mol. The fourth-order valence-corrected chi connectivity index (χ4v) is 4.24. The second kappa shape index (κ2) is 12.8. The zero-order valence-electron chi connectivity index (χ0n) is 19.3. The molecule has 2 aromatic rings. The zero-order chi connectivity index (χ0) is 25.4. The van der Waals surface area contributed by atoms with E-state index in [4.69, 9.17) is 44.3 Å². The Morgan fingerprint density at radius 2 is 1.62 bits per heavy atom. The number of sulfonamides is 1. The van der Waals surface area contributed by atoms with Crippen LogP contribution in [-0.4, -0.2) is 52.8 Å². The largest absolute Gasteiger partial charge is 0.490 e. The molecule has 2 N–H and O–H groups in total. The van der Waals surface area contributed by atoms with E-state index in [1.54, 1.807) is 12.1 Å². The van der Waals surface area contributed by atoms with Crippen LogP contribution in [0.3, 0.4) is 0 Å². The number of hydrogen-bond acceptors (Lipinski definition) is 5. The molecule has 0 saturated heterocycles. The summed E-state index contributed by atoms with van der Waals surface area (Å²) in [6.45, 7) is 4.64. The first-order valence-electron chi connectivity index (χ1n) is 10.6. The van der Waals surface area contributed by atoms with Crippen molar-refractivity contribution in [2.45, 2.75) is 25.7 Å². The second-order valence-electron chi connectivity index (χ2n) is 8.11. The number of rotatable bonds is 13. The van der Waals surface area contributed by atoms with E-state index >= 15 is 0 Å². The smallest absolute Gasteiger partial charge is 0.257 e. The maximum absolute atomic E-state index is 11.9. The van der Waals surface area contributed by atoms with Crippen LogP contribution in [0.4, 0.5) is 0 Å². The molecule has 0 fully saturated rings. The van der Waals surface area contributed by atoms with Gasteiger partial charge in [0.25, 0.3) is 5.91 Å². The molecule has 0 aliphatic heterocycles. The van der Waals surface area contributed by atoms with E-state index in [1.807, 2.05) is 24.3 Å². The Balaban J connectivity index is 1.98. The van der Waals surface area contributed by atoms with E-state index in [0.717, 1.165) is 17.4 Å². The number of amides is 1. The SMILES string of the molecule is CC(C)(c1ccc(OCC(=O)NCCNS(C)(=O)=O)cc1)c1cc(Cl)c(OCCCCl)c(Cl)c1. The Bertz CT molecular complexity index is 1050. The highest BCUT2D eigenvalue weighted by atomic mass is 35.5. The Morgan fingerprint density at radius 1 is 1.00 bits per heavy atom. The van der Waals surface area contributed by atoms with Gasteiger partial charge in [-0.2, -0.15) is 0 Å². The topological polar surface area (TPSA) is 93.7 Å². The van der Waals surface area contributed by atoms with Gasteiger partial charge in [0.15, 0.2) is 12.4 Å². The van der Waals surface area contributed by atoms with E-state index in [9.17, 15) is 13.2 Å². The highest BCUT2D eigenvalue weighted by Crippen LogP contribution is 2.40. The molecule has 0 saturated carbocycles. The molecule has 34 heavy (non-hydrogen) atoms. The predicted octanol–water partition coefficient (Wildman–Crippen LogP) is 4.37. The first-order valence-corrected chi connectivity index (χ1v) is 13.7. The van der Waals surface area contributed by atoms with E-state index in [2.05, 4.69) is 23.9 Å². The van der Waals surface area contributed by atoms with Crippen LogP contribution < -0.4 is 19.5 Å². The second-order valence-corrected chi connectivity index (χ2v) is 11.1. The third-order valence-corrected chi connectivity index (χ3v) is 6.56. The summed E-state index contributed by atoms with van der Waals surface area (Å²) < 4.78 is 35.5. The van der Waals surface area contributed by atoms with Crippen molar-refractivity contribution in [3.63, 3.8) is 0 Å². The molecule has 2 rings (SSSR count). The highest BCUT2D eigenvalue weighted by Gasteiger charge is 2.25. The standard InChI is InChI=1S/C23H29Cl3N2O5S/c1-23(2,17-13-19(25)22(20(26)14-17)32-12-4-9-24)16-5-7-18(8-6-16)33-15-21(29)27-10-11-28-34(3,30)31/h5-8,13-14,28H,4,9-12,15H2,1-3H3,(H,27,29). The summed E-state index contributed by atoms with van der Waals surface area (Å²) >= 11 is 18.6. The van der Waals surface area contributed by atoms with Crippen molar-refractivity contribution in [1.29, 1.82) is 0 Å². The molecule has 0 unspecified atom stereocenters. The van der Waals surface area contributed by atoms with Gasteiger partial charge in [0.2, 0.25) is 10.0 Å². The van der Waals surface area contributed by atoms with Crippen molar-refractivity contribution in [3.05, 3.63) is 57.6 Å². The minimum absolute atomic E-state index is 0.114. The van der Waals surface area contributed by atoms with Crippen LogP contribution >= 0.6 is 34.8 Å². The number of halogens is 3. The molecule has 1 amide bonds. The molecule has 0 atom stereocenters. The number of carbonyl (C=O) groups is 1. The lowest BCUT2D eigenvalue weighted by Gasteiger charge is -2.27. The van der Waals surface area contributed by atoms with Crippen molar-refractivity contribution in [2.24, 2.45) is 0 Å². The van der Waals surface area contributed by atoms with E-state index < -0.39 is 15.4 Å². The van der Waals surface area contributed by atoms with Crippen molar-refractivity contribution in [1.82, 2.24) is 10.0 Å². The van der Waals surface area contributed by atoms with Gasteiger partial charge < -0.3 is 14.8 Å². The summed E-state index contributed by atoms with van der Waals surface area (Å²) in [5, 5.41) is 3.45. The fourth-order valence-electron chi connectivity index (χ4n) is 3.06. The first-order chi connectivity index (χ1) is 15.9. The number of hydrogen-bond donors (Lipinski definition) is 2. The van der Waals surface area contributed by atoms with Gasteiger partial charge in [-0.3, -0.25) is 4.79 Å². The van der Waals surface area contributed by atoms with Gasteiger partial charge in [-0.05, 0) is 41.8 Å². The summed E-state index contributed by atoms with van der Waals surface area (Å²) in [4.78, 5) is 11.9. The third-order valence-electron chi connectivity index (χ3n) is 5.00. The van der Waals surface area contributed by atoms with Gasteiger partial charge in [0, 0.05) is 24.4 Å². The van der Waals surface area contributed by atoms with Crippen molar-refractivity contribution >= 4 is 50.7 Å². The molecule has 0 radical (unpaired) electrons. The fraction of sp³-hybridized carbons (Fsp3) is 0.435. The number of nitrogens with one attached hydrogen (secondary N) is 2. The summed E-state index contributed by atoms with van der Waals surface area (Å²) in [6, 6.07) is 11.1. The number of carbonyl (C=O) groups excluding carboxylic acids is 1. The van der Waals surface area contributed by atoms with Crippen molar-refractivity contribution in [3.8, 4) is 11.5 Å². The number of ether oxygens (including phenoxy) is 2. The average molecular weight is 552 g/mol. The zero-order valence-corrected chi connectivity index (χ0v) is 22.4. The van der Waals surface area contributed by atoms with Crippen LogP contribution in [-0.2, 0) is 20.2 Å². The molecule has 188 valence electrons. The van der Waals surface area contributed by atoms with Gasteiger partial charge in [-0.15, -0.1) is 11.6 Å². The molecule has 11 heteroatoms. The van der Waals surface area contributed by atoms with Gasteiger partial charge in [0.1, 0.15) is 5.75 Å². The molecule has 0 spiro atoms. The predicted molar refractivity (Wildman–Crippen MR) is 137 cm³/mol. The van der Waals surface area contributed by atoms with Crippen molar-refractivity contribution in [2.75, 3.05) is 38.4 Å². The minimum atomic E-state index is -3.28. The van der Waals surface area contributed by atoms with Gasteiger partial charge >= 0.3 is 0 Å². The molecular formula is C23H29Cl3N2O5S. The van der Waals surface area contributed by atoms with Crippen LogP contribution in [0.1, 0.15) is 31.4 Å². The Hall–Kier alpha value is -1.71. The molecular weight excluding hydrogens is 523 g/mol. The Morgan fingerprint density at radius 3 is 2.18 bits per heavy atom. The normalized spacial score (nSPS) is 11.8. The molecule has 0 bridgehead atoms. The minimum Gasteiger partial charge on any atom is -0.490 e. The van der Waals surface area contributed by atoms with Gasteiger partial charge in [0.05, 0.1) is 22.9 Å². The Kier molecular flexibility index (Phi) is 10.8. The lowest BCUT2D eigenvalue weighted by molar-refractivity contribution is -0.123. The molecule has 7 nitrogen and oxygen atoms in total. The molecule has 0 aliphatic carbocycles. The van der Waals surface area contributed by atoms with E-state index in [1.165, 1.54) is 0 Å². The van der Waals surface area contributed by atoms with Crippen LogP contribution in [0.2, 0.25) is 10.0 Å². The third kappa shape index (κ3) is 8.82. The first kappa shape index (κ1) is 28.5. The molecule has 0 aliphatic rings. The molecule has 0 heterocycles. The van der Waals surface area contributed by atoms with Crippen molar-refractivity contribution < 1.29 is 22.7 Å². The summed E-state index contributed by atoms with van der Waals surface area (Å²) in [5.74, 6) is 1.12. The quantitative estimate of drug-likeness (QED) is 0.285. The molecule has 2 aromatic carbocycles. The number of benzene rings is 2. The lowest BCUT2D eigenvalue weighted by Crippen LogP contribution is -2.36. The van der Waals surface area contributed by atoms with Gasteiger partial charge in [-0.25, -0.2) is 13.1 Å². The van der Waals surface area contributed by atoms with Gasteiger partial charge in [-0.1, -0.05) is 49.2 Å². The van der Waals surface area contributed by atoms with E-state index in [0.29, 0.717) is 40.5 Å². The summed E-state index contributed by atoms with van der Waals surface area (Å²) in [7, 11) is -3.28. The van der Waals surface area contributed by atoms with Crippen LogP contribution in [0.5, 0.6) is 11.5 Å². The number of alkyl halides is 1. The van der Waals surface area contributed by atoms with Crippen LogP contribution in [0.15, 0.2) is 36.4 Å². The maximum atomic E-state index is 11.9. The summed E-state index contributed by atoms with van der Waals surface area (Å²) in [5.41, 5.74) is 1.51. The van der Waals surface area contributed by atoms with E-state index in [-0.39, 0.29) is 25.6 Å². The van der Waals surface area contributed by atoms with Crippen LogP contribution in [0.25, 0.3) is 0 Å². The highest BCUT2D eigenvalue weighted by molar-refractivity contribution is 7.88. The van der Waals surface area contributed by atoms with Crippen LogP contribution in [0, 0.1) is 0 Å².